The van der Waals surface area contributed by atoms with Crippen molar-refractivity contribution in [3.05, 3.63) is 58.6 Å². The quantitative estimate of drug-likeness (QED) is 0.584. The van der Waals surface area contributed by atoms with Gasteiger partial charge in [-0.15, -0.1) is 0 Å². The van der Waals surface area contributed by atoms with E-state index in [1.807, 2.05) is 0 Å². The molecular formula is C21H27ClN2O5S2. The molecule has 10 heteroatoms. The molecule has 2 aromatic rings. The number of hydrogen-bond donors (Lipinski definition) is 1. The molecule has 0 aliphatic rings. The molecule has 0 fully saturated rings. The normalized spacial score (nSPS) is 12.9. The Morgan fingerprint density at radius 1 is 1.06 bits per heavy atom. The van der Waals surface area contributed by atoms with E-state index in [-0.39, 0.29) is 29.8 Å². The van der Waals surface area contributed by atoms with Gasteiger partial charge in [-0.2, -0.15) is 0 Å². The van der Waals surface area contributed by atoms with Gasteiger partial charge in [0.1, 0.15) is 0 Å². The molecule has 0 unspecified atom stereocenters. The monoisotopic (exact) mass is 486 g/mol. The van der Waals surface area contributed by atoms with E-state index in [0.29, 0.717) is 17.1 Å². The van der Waals surface area contributed by atoms with Crippen LogP contribution in [0, 0.1) is 6.92 Å². The van der Waals surface area contributed by atoms with Gasteiger partial charge in [0, 0.05) is 24.2 Å². The third-order valence-corrected chi connectivity index (χ3v) is 7.33. The van der Waals surface area contributed by atoms with Crippen molar-refractivity contribution >= 4 is 43.1 Å². The van der Waals surface area contributed by atoms with Gasteiger partial charge in [0.15, 0.2) is 9.84 Å². The van der Waals surface area contributed by atoms with Crippen LogP contribution in [0.1, 0.15) is 36.9 Å². The highest BCUT2D eigenvalue weighted by molar-refractivity contribution is 7.92. The highest BCUT2D eigenvalue weighted by Gasteiger charge is 2.20. The highest BCUT2D eigenvalue weighted by atomic mass is 35.5. The lowest BCUT2D eigenvalue weighted by Gasteiger charge is -2.24. The van der Waals surface area contributed by atoms with Crippen LogP contribution in [0.5, 0.6) is 0 Å². The Morgan fingerprint density at radius 3 is 2.23 bits per heavy atom. The molecule has 0 aliphatic carbocycles. The topological polar surface area (TPSA) is 101 Å². The van der Waals surface area contributed by atoms with E-state index in [2.05, 4.69) is 5.32 Å². The number of sulfone groups is 1. The molecule has 0 saturated carbocycles. The maximum absolute atomic E-state index is 12.3. The van der Waals surface area contributed by atoms with Crippen molar-refractivity contribution in [2.45, 2.75) is 37.6 Å². The van der Waals surface area contributed by atoms with E-state index >= 15 is 0 Å². The number of halogens is 1. The number of rotatable bonds is 9. The van der Waals surface area contributed by atoms with Gasteiger partial charge >= 0.3 is 0 Å². The second-order valence-corrected chi connectivity index (χ2v) is 11.9. The van der Waals surface area contributed by atoms with Gasteiger partial charge in [-0.25, -0.2) is 16.8 Å². The second kappa shape index (κ2) is 10.0. The Morgan fingerprint density at radius 2 is 1.68 bits per heavy atom. The molecule has 31 heavy (non-hydrogen) atoms. The van der Waals surface area contributed by atoms with Crippen molar-refractivity contribution in [2.75, 3.05) is 23.4 Å². The molecule has 0 aliphatic heterocycles. The average molecular weight is 487 g/mol. The lowest BCUT2D eigenvalue weighted by Crippen LogP contribution is -2.33. The van der Waals surface area contributed by atoms with Gasteiger partial charge in [-0.3, -0.25) is 9.10 Å². The highest BCUT2D eigenvalue weighted by Crippen LogP contribution is 2.26. The Kier molecular flexibility index (Phi) is 8.13. The van der Waals surface area contributed by atoms with Gasteiger partial charge in [-0.05, 0) is 55.7 Å². The van der Waals surface area contributed by atoms with Gasteiger partial charge in [0.25, 0.3) is 0 Å². The minimum atomic E-state index is -3.54. The standard InChI is InChI=1S/C21H27ClN2O5S2/c1-15-7-10-18(22)14-20(15)24(31(4,28)29)13-5-6-21(25)23-16(2)17-8-11-19(12-9-17)30(3,26)27/h7-12,14,16H,5-6,13H2,1-4H3,(H,23,25)/t16-/m0/s1. The summed E-state index contributed by atoms with van der Waals surface area (Å²) in [4.78, 5) is 12.6. The largest absolute Gasteiger partial charge is 0.350 e. The van der Waals surface area contributed by atoms with Crippen LogP contribution in [0.4, 0.5) is 5.69 Å². The molecule has 170 valence electrons. The summed E-state index contributed by atoms with van der Waals surface area (Å²) in [7, 11) is -6.82. The molecule has 0 spiro atoms. The summed E-state index contributed by atoms with van der Waals surface area (Å²) < 4.78 is 48.9. The maximum atomic E-state index is 12.3. The van der Waals surface area contributed by atoms with Crippen molar-refractivity contribution in [3.63, 3.8) is 0 Å². The molecule has 0 radical (unpaired) electrons. The first kappa shape index (κ1) is 25.2. The van der Waals surface area contributed by atoms with E-state index in [9.17, 15) is 21.6 Å². The Hall–Kier alpha value is -2.10. The number of carbonyl (C=O) groups is 1. The number of nitrogens with one attached hydrogen (secondary N) is 1. The summed E-state index contributed by atoms with van der Waals surface area (Å²) in [6.07, 6.45) is 2.72. The van der Waals surface area contributed by atoms with Crippen molar-refractivity contribution in [1.82, 2.24) is 5.32 Å². The van der Waals surface area contributed by atoms with Crippen LogP contribution in [0.2, 0.25) is 5.02 Å². The summed E-state index contributed by atoms with van der Waals surface area (Å²) in [5.74, 6) is -0.226. The second-order valence-electron chi connectivity index (χ2n) is 7.50. The Labute approximate surface area is 189 Å². The zero-order valence-electron chi connectivity index (χ0n) is 17.9. The zero-order chi connectivity index (χ0) is 23.4. The van der Waals surface area contributed by atoms with Crippen LogP contribution < -0.4 is 9.62 Å². The SMILES string of the molecule is Cc1ccc(Cl)cc1N(CCCC(=O)N[C@@H](C)c1ccc(S(C)(=O)=O)cc1)S(C)(=O)=O. The minimum Gasteiger partial charge on any atom is -0.350 e. The zero-order valence-corrected chi connectivity index (χ0v) is 20.3. The van der Waals surface area contributed by atoms with E-state index < -0.39 is 19.9 Å². The molecule has 0 bridgehead atoms. The van der Waals surface area contributed by atoms with E-state index in [0.717, 1.165) is 23.6 Å². The van der Waals surface area contributed by atoms with Crippen LogP contribution in [-0.4, -0.2) is 41.8 Å². The number of carbonyl (C=O) groups excluding carboxylic acids is 1. The van der Waals surface area contributed by atoms with Crippen LogP contribution in [0.15, 0.2) is 47.4 Å². The molecule has 2 rings (SSSR count). The fraction of sp³-hybridized carbons (Fsp3) is 0.381. The van der Waals surface area contributed by atoms with Crippen LogP contribution in [0.3, 0.4) is 0 Å². The van der Waals surface area contributed by atoms with Gasteiger partial charge < -0.3 is 5.32 Å². The van der Waals surface area contributed by atoms with Crippen LogP contribution in [-0.2, 0) is 24.7 Å². The molecule has 0 saturated heterocycles. The first-order chi connectivity index (χ1) is 14.3. The number of benzene rings is 2. The molecule has 7 nitrogen and oxygen atoms in total. The first-order valence-electron chi connectivity index (χ1n) is 9.62. The van der Waals surface area contributed by atoms with Gasteiger partial charge in [-0.1, -0.05) is 29.8 Å². The predicted molar refractivity (Wildman–Crippen MR) is 124 cm³/mol. The van der Waals surface area contributed by atoms with E-state index in [1.54, 1.807) is 44.2 Å². The van der Waals surface area contributed by atoms with Crippen molar-refractivity contribution in [3.8, 4) is 0 Å². The fourth-order valence-electron chi connectivity index (χ4n) is 3.10. The summed E-state index contributed by atoms with van der Waals surface area (Å²) in [6, 6.07) is 11.1. The third-order valence-electron chi connectivity index (χ3n) is 4.79. The summed E-state index contributed by atoms with van der Waals surface area (Å²) in [6.45, 7) is 3.74. The molecule has 1 amide bonds. The van der Waals surface area contributed by atoms with Crippen LogP contribution in [0.25, 0.3) is 0 Å². The van der Waals surface area contributed by atoms with Crippen molar-refractivity contribution in [2.24, 2.45) is 0 Å². The van der Waals surface area contributed by atoms with Gasteiger partial charge in [0.2, 0.25) is 15.9 Å². The molecule has 1 N–H and O–H groups in total. The maximum Gasteiger partial charge on any atom is 0.232 e. The van der Waals surface area contributed by atoms with E-state index in [4.69, 9.17) is 11.6 Å². The Bertz CT molecular complexity index is 1150. The number of sulfonamides is 1. The molecule has 2 aromatic carbocycles. The lowest BCUT2D eigenvalue weighted by molar-refractivity contribution is -0.121. The van der Waals surface area contributed by atoms with Crippen LogP contribution >= 0.6 is 11.6 Å². The Balaban J connectivity index is 1.98. The van der Waals surface area contributed by atoms with Gasteiger partial charge in [0.05, 0.1) is 22.9 Å². The summed E-state index contributed by atoms with van der Waals surface area (Å²) in [5, 5.41) is 3.28. The number of nitrogens with zero attached hydrogens (tertiary/aromatic N) is 1. The number of anilines is 1. The summed E-state index contributed by atoms with van der Waals surface area (Å²) in [5.41, 5.74) is 2.04. The molecule has 0 aromatic heterocycles. The average Bonchev–Trinajstić information content (AvgIpc) is 2.66. The third kappa shape index (κ3) is 7.22. The van der Waals surface area contributed by atoms with Crippen molar-refractivity contribution < 1.29 is 21.6 Å². The lowest BCUT2D eigenvalue weighted by atomic mass is 10.1. The molecule has 0 heterocycles. The van der Waals surface area contributed by atoms with E-state index in [1.165, 1.54) is 16.4 Å². The summed E-state index contributed by atoms with van der Waals surface area (Å²) >= 11 is 6.03. The first-order valence-corrected chi connectivity index (χ1v) is 13.7. The molecule has 1 atom stereocenters. The number of amides is 1. The van der Waals surface area contributed by atoms with Crippen molar-refractivity contribution in [1.29, 1.82) is 0 Å². The predicted octanol–water partition coefficient (Wildman–Crippen LogP) is 3.48. The number of aryl methyl sites for hydroxylation is 1. The minimum absolute atomic E-state index is 0.136. The fourth-order valence-corrected chi connectivity index (χ4v) is 4.91. The smallest absolute Gasteiger partial charge is 0.232 e. The number of hydrogen-bond acceptors (Lipinski definition) is 5. The molecular weight excluding hydrogens is 460 g/mol.